The van der Waals surface area contributed by atoms with Gasteiger partial charge in [0.25, 0.3) is 0 Å². The summed E-state index contributed by atoms with van der Waals surface area (Å²) in [6.07, 6.45) is 0. The Morgan fingerprint density at radius 2 is 0.763 bits per heavy atom. The standard InChI is InChI=1S/C57H38N2/c1-5-20-39(21-6-1)43-28-13-16-31-47(43)54-38-53(40-22-7-2-8-23-40)58-56(59-54)49-37-36-46(44-29-14-15-30-45(44)49)48-33-19-35-52-55(48)50-32-17-18-34-51(50)57(52,41-24-9-3-10-25-41)42-26-11-4-12-27-42/h1-38H. The van der Waals surface area contributed by atoms with Gasteiger partial charge in [0.15, 0.2) is 5.82 Å². The van der Waals surface area contributed by atoms with Gasteiger partial charge >= 0.3 is 0 Å². The van der Waals surface area contributed by atoms with Crippen molar-refractivity contribution in [2.45, 2.75) is 5.41 Å². The lowest BCUT2D eigenvalue weighted by Gasteiger charge is -2.34. The fourth-order valence-corrected chi connectivity index (χ4v) is 9.48. The summed E-state index contributed by atoms with van der Waals surface area (Å²) >= 11 is 0. The van der Waals surface area contributed by atoms with E-state index in [2.05, 4.69) is 224 Å². The van der Waals surface area contributed by atoms with Crippen LogP contribution in [-0.4, -0.2) is 9.97 Å². The highest BCUT2D eigenvalue weighted by atomic mass is 14.9. The van der Waals surface area contributed by atoms with E-state index < -0.39 is 5.41 Å². The Labute approximate surface area is 344 Å². The summed E-state index contributed by atoms with van der Waals surface area (Å²) in [6, 6.07) is 82.8. The highest BCUT2D eigenvalue weighted by Gasteiger charge is 2.46. The number of nitrogens with zero attached hydrogens (tertiary/aromatic N) is 2. The molecule has 10 aromatic rings. The molecule has 59 heavy (non-hydrogen) atoms. The van der Waals surface area contributed by atoms with Crippen molar-refractivity contribution in [3.63, 3.8) is 0 Å². The van der Waals surface area contributed by atoms with E-state index in [0.717, 1.165) is 50.0 Å². The van der Waals surface area contributed by atoms with Gasteiger partial charge in [0, 0.05) is 16.7 Å². The maximum atomic E-state index is 5.40. The third kappa shape index (κ3) is 5.64. The number of benzene rings is 9. The van der Waals surface area contributed by atoms with Crippen molar-refractivity contribution < 1.29 is 0 Å². The van der Waals surface area contributed by atoms with Crippen LogP contribution in [0.4, 0.5) is 0 Å². The normalized spacial score (nSPS) is 12.5. The lowest BCUT2D eigenvalue weighted by Crippen LogP contribution is -2.28. The van der Waals surface area contributed by atoms with Gasteiger partial charge in [-0.3, -0.25) is 0 Å². The number of hydrogen-bond acceptors (Lipinski definition) is 2. The predicted octanol–water partition coefficient (Wildman–Crippen LogP) is 14.3. The second-order valence-corrected chi connectivity index (χ2v) is 15.2. The molecule has 0 amide bonds. The molecule has 0 saturated carbocycles. The molecule has 0 radical (unpaired) electrons. The van der Waals surface area contributed by atoms with Crippen LogP contribution in [0.3, 0.4) is 0 Å². The predicted molar refractivity (Wildman–Crippen MR) is 244 cm³/mol. The van der Waals surface area contributed by atoms with E-state index in [1.54, 1.807) is 0 Å². The topological polar surface area (TPSA) is 25.8 Å². The van der Waals surface area contributed by atoms with Crippen molar-refractivity contribution in [2.24, 2.45) is 0 Å². The molecule has 2 nitrogen and oxygen atoms in total. The summed E-state index contributed by atoms with van der Waals surface area (Å²) in [5.41, 5.74) is 16.7. The largest absolute Gasteiger partial charge is 0.228 e. The van der Waals surface area contributed by atoms with Gasteiger partial charge in [-0.25, -0.2) is 9.97 Å². The zero-order chi connectivity index (χ0) is 39.2. The Morgan fingerprint density at radius 1 is 0.288 bits per heavy atom. The molecule has 1 aromatic heterocycles. The minimum Gasteiger partial charge on any atom is -0.228 e. The van der Waals surface area contributed by atoms with Crippen LogP contribution < -0.4 is 0 Å². The minimum atomic E-state index is -0.474. The Hall–Kier alpha value is -7.68. The molecule has 0 unspecified atom stereocenters. The molecular weight excluding hydrogens is 713 g/mol. The van der Waals surface area contributed by atoms with Crippen LogP contribution in [0.15, 0.2) is 231 Å². The third-order valence-corrected chi connectivity index (χ3v) is 12.0. The third-order valence-electron chi connectivity index (χ3n) is 12.0. The molecule has 9 aromatic carbocycles. The molecule has 11 rings (SSSR count). The highest BCUT2D eigenvalue weighted by Crippen LogP contribution is 2.58. The van der Waals surface area contributed by atoms with Crippen LogP contribution in [0.5, 0.6) is 0 Å². The molecule has 0 atom stereocenters. The molecule has 0 aliphatic heterocycles. The van der Waals surface area contributed by atoms with Crippen molar-refractivity contribution in [3.05, 3.63) is 253 Å². The van der Waals surface area contributed by atoms with E-state index in [1.807, 2.05) is 6.07 Å². The van der Waals surface area contributed by atoms with Crippen LogP contribution in [0.25, 0.3) is 78.1 Å². The molecular formula is C57H38N2. The first kappa shape index (κ1) is 34.6. The Kier molecular flexibility index (Phi) is 8.41. The Bertz CT molecular complexity index is 3100. The summed E-state index contributed by atoms with van der Waals surface area (Å²) in [5.74, 6) is 0.697. The van der Waals surface area contributed by atoms with Crippen molar-refractivity contribution in [1.82, 2.24) is 9.97 Å². The highest BCUT2D eigenvalue weighted by molar-refractivity contribution is 6.08. The van der Waals surface area contributed by atoms with Crippen LogP contribution >= 0.6 is 0 Å². The van der Waals surface area contributed by atoms with Crippen molar-refractivity contribution >= 4 is 10.8 Å². The molecule has 0 fully saturated rings. The summed E-state index contributed by atoms with van der Waals surface area (Å²) < 4.78 is 0. The van der Waals surface area contributed by atoms with E-state index in [0.29, 0.717) is 5.82 Å². The fraction of sp³-hybridized carbons (Fsp3) is 0.0175. The molecule has 0 spiro atoms. The van der Waals surface area contributed by atoms with Gasteiger partial charge in [-0.1, -0.05) is 218 Å². The lowest BCUT2D eigenvalue weighted by molar-refractivity contribution is 0.768. The quantitative estimate of drug-likeness (QED) is 0.162. The molecule has 1 aliphatic carbocycles. The maximum Gasteiger partial charge on any atom is 0.161 e. The zero-order valence-electron chi connectivity index (χ0n) is 32.3. The molecule has 2 heteroatoms. The summed E-state index contributed by atoms with van der Waals surface area (Å²) in [4.78, 5) is 10.7. The van der Waals surface area contributed by atoms with Gasteiger partial charge in [-0.15, -0.1) is 0 Å². The van der Waals surface area contributed by atoms with Crippen LogP contribution in [-0.2, 0) is 5.41 Å². The first-order chi connectivity index (χ1) is 29.3. The second kappa shape index (κ2) is 14.4. The van der Waals surface area contributed by atoms with E-state index in [1.165, 1.54) is 44.5 Å². The van der Waals surface area contributed by atoms with Gasteiger partial charge in [-0.2, -0.15) is 0 Å². The van der Waals surface area contributed by atoms with Crippen LogP contribution in [0.2, 0.25) is 0 Å². The van der Waals surface area contributed by atoms with Crippen molar-refractivity contribution in [2.75, 3.05) is 0 Å². The van der Waals surface area contributed by atoms with Crippen LogP contribution in [0.1, 0.15) is 22.3 Å². The molecule has 0 N–H and O–H groups in total. The monoisotopic (exact) mass is 750 g/mol. The van der Waals surface area contributed by atoms with Gasteiger partial charge in [0.1, 0.15) is 0 Å². The number of hydrogen-bond donors (Lipinski definition) is 0. The smallest absolute Gasteiger partial charge is 0.161 e. The van der Waals surface area contributed by atoms with Gasteiger partial charge in [0.05, 0.1) is 16.8 Å². The first-order valence-corrected chi connectivity index (χ1v) is 20.3. The summed E-state index contributed by atoms with van der Waals surface area (Å²) in [5, 5.41) is 2.27. The molecule has 0 bridgehead atoms. The van der Waals surface area contributed by atoms with Gasteiger partial charge in [0.2, 0.25) is 0 Å². The SMILES string of the molecule is c1ccc(-c2cc(-c3ccccc3-c3ccccc3)nc(-c3ccc(-c4cccc5c4-c4ccccc4C5(c4ccccc4)c4ccccc4)c4ccccc34)n2)cc1. The van der Waals surface area contributed by atoms with Gasteiger partial charge in [-0.05, 0) is 78.5 Å². The maximum absolute atomic E-state index is 5.40. The number of rotatable bonds is 7. The molecule has 1 aliphatic rings. The summed E-state index contributed by atoms with van der Waals surface area (Å²) in [7, 11) is 0. The van der Waals surface area contributed by atoms with Crippen LogP contribution in [0, 0.1) is 0 Å². The number of fused-ring (bicyclic) bond motifs is 4. The Balaban J connectivity index is 1.14. The molecule has 276 valence electrons. The molecule has 1 heterocycles. The Morgan fingerprint density at radius 3 is 1.44 bits per heavy atom. The van der Waals surface area contributed by atoms with E-state index in [-0.39, 0.29) is 0 Å². The lowest BCUT2D eigenvalue weighted by atomic mass is 9.67. The second-order valence-electron chi connectivity index (χ2n) is 15.2. The van der Waals surface area contributed by atoms with E-state index in [4.69, 9.17) is 9.97 Å². The molecule has 0 saturated heterocycles. The average molecular weight is 751 g/mol. The number of aromatic nitrogens is 2. The zero-order valence-corrected chi connectivity index (χ0v) is 32.3. The van der Waals surface area contributed by atoms with E-state index in [9.17, 15) is 0 Å². The van der Waals surface area contributed by atoms with Crippen molar-refractivity contribution in [1.29, 1.82) is 0 Å². The summed E-state index contributed by atoms with van der Waals surface area (Å²) in [6.45, 7) is 0. The minimum absolute atomic E-state index is 0.474. The van der Waals surface area contributed by atoms with Crippen molar-refractivity contribution in [3.8, 4) is 67.3 Å². The fourth-order valence-electron chi connectivity index (χ4n) is 9.48. The average Bonchev–Trinajstić information content (AvgIpc) is 3.63. The van der Waals surface area contributed by atoms with E-state index >= 15 is 0 Å². The first-order valence-electron chi connectivity index (χ1n) is 20.3. The van der Waals surface area contributed by atoms with Gasteiger partial charge < -0.3 is 0 Å².